The topological polar surface area (TPSA) is 116 Å². The molecule has 0 fully saturated rings. The third-order valence-corrected chi connectivity index (χ3v) is 4.61. The van der Waals surface area contributed by atoms with Crippen LogP contribution in [0.3, 0.4) is 0 Å². The lowest BCUT2D eigenvalue weighted by molar-refractivity contribution is 0.145. The van der Waals surface area contributed by atoms with Gasteiger partial charge in [0.2, 0.25) is 0 Å². The van der Waals surface area contributed by atoms with E-state index in [4.69, 9.17) is 10.9 Å². The number of rotatable bonds is 7. The lowest BCUT2D eigenvalue weighted by Gasteiger charge is -2.18. The van der Waals surface area contributed by atoms with Gasteiger partial charge in [0.15, 0.2) is 15.7 Å². The molecule has 118 valence electrons. The minimum absolute atomic E-state index is 0.0736. The van der Waals surface area contributed by atoms with Gasteiger partial charge >= 0.3 is 0 Å². The number of nitrogens with two attached hydrogens (primary N) is 1. The minimum atomic E-state index is -3.47. The highest BCUT2D eigenvalue weighted by atomic mass is 32.2. The minimum Gasteiger partial charge on any atom is -0.409 e. The number of hydrogen-bond acceptors (Lipinski definition) is 6. The van der Waals surface area contributed by atoms with Gasteiger partial charge in [0.1, 0.15) is 0 Å². The third kappa shape index (κ3) is 5.33. The van der Waals surface area contributed by atoms with E-state index < -0.39 is 15.9 Å². The summed E-state index contributed by atoms with van der Waals surface area (Å²) in [5, 5.41) is 20.7. The first kappa shape index (κ1) is 17.4. The normalized spacial score (nSPS) is 14.4. The van der Waals surface area contributed by atoms with E-state index in [1.807, 2.05) is 0 Å². The van der Waals surface area contributed by atoms with Crippen LogP contribution in [-0.4, -0.2) is 61.5 Å². The Balaban J connectivity index is 2.84. The summed E-state index contributed by atoms with van der Waals surface area (Å²) < 4.78 is 24.5. The Morgan fingerprint density at radius 2 is 2.14 bits per heavy atom. The number of sulfone groups is 1. The van der Waals surface area contributed by atoms with Crippen LogP contribution in [0.2, 0.25) is 0 Å². The maximum absolute atomic E-state index is 12.3. The average molecular weight is 315 g/mol. The summed E-state index contributed by atoms with van der Waals surface area (Å²) in [5.74, 6) is -0.214. The van der Waals surface area contributed by atoms with E-state index in [9.17, 15) is 13.5 Å². The standard InChI is InChI=1S/C13H21N3O4S/c1-10(17)9-16(2)6-7-21(19,20)12-5-3-4-11(8-12)13(14)15-18/h3-5,8,10,17-18H,6-7,9H2,1-2H3,(H2,14,15). The van der Waals surface area contributed by atoms with Gasteiger partial charge in [-0.3, -0.25) is 0 Å². The predicted molar refractivity (Wildman–Crippen MR) is 80.2 cm³/mol. The summed E-state index contributed by atoms with van der Waals surface area (Å²) in [6.45, 7) is 2.35. The molecule has 1 unspecified atom stereocenters. The monoisotopic (exact) mass is 315 g/mol. The van der Waals surface area contributed by atoms with E-state index in [0.717, 1.165) is 0 Å². The second-order valence-corrected chi connectivity index (χ2v) is 7.05. The highest BCUT2D eigenvalue weighted by molar-refractivity contribution is 7.91. The van der Waals surface area contributed by atoms with Gasteiger partial charge in [0.05, 0.1) is 16.8 Å². The van der Waals surface area contributed by atoms with Gasteiger partial charge < -0.3 is 20.9 Å². The second kappa shape index (κ2) is 7.39. The molecule has 0 saturated carbocycles. The van der Waals surface area contributed by atoms with Crippen LogP contribution >= 0.6 is 0 Å². The summed E-state index contributed by atoms with van der Waals surface area (Å²) in [7, 11) is -1.73. The van der Waals surface area contributed by atoms with Gasteiger partial charge in [-0.05, 0) is 26.1 Å². The molecule has 7 nitrogen and oxygen atoms in total. The number of aliphatic hydroxyl groups is 1. The maximum atomic E-state index is 12.3. The van der Waals surface area contributed by atoms with E-state index in [2.05, 4.69) is 5.16 Å². The molecule has 4 N–H and O–H groups in total. The third-order valence-electron chi connectivity index (χ3n) is 2.91. The Morgan fingerprint density at radius 3 is 2.71 bits per heavy atom. The predicted octanol–water partition coefficient (Wildman–Crippen LogP) is -0.133. The summed E-state index contributed by atoms with van der Waals surface area (Å²) in [4.78, 5) is 1.87. The van der Waals surface area contributed by atoms with Crippen molar-refractivity contribution in [2.75, 3.05) is 25.9 Å². The van der Waals surface area contributed by atoms with Gasteiger partial charge in [-0.2, -0.15) is 0 Å². The van der Waals surface area contributed by atoms with Crippen LogP contribution in [-0.2, 0) is 9.84 Å². The molecule has 21 heavy (non-hydrogen) atoms. The van der Waals surface area contributed by atoms with Crippen molar-refractivity contribution in [1.82, 2.24) is 4.90 Å². The average Bonchev–Trinajstić information content (AvgIpc) is 2.44. The number of amidine groups is 1. The molecule has 1 rings (SSSR count). The Kier molecular flexibility index (Phi) is 6.13. The van der Waals surface area contributed by atoms with Crippen molar-refractivity contribution in [2.24, 2.45) is 10.9 Å². The molecule has 1 aromatic carbocycles. The van der Waals surface area contributed by atoms with Crippen molar-refractivity contribution in [3.8, 4) is 0 Å². The van der Waals surface area contributed by atoms with Crippen LogP contribution in [0.5, 0.6) is 0 Å². The molecular formula is C13H21N3O4S. The van der Waals surface area contributed by atoms with Gasteiger partial charge in [0.25, 0.3) is 0 Å². The number of oxime groups is 1. The lowest BCUT2D eigenvalue weighted by atomic mass is 10.2. The van der Waals surface area contributed by atoms with Crippen LogP contribution in [0.1, 0.15) is 12.5 Å². The van der Waals surface area contributed by atoms with Crippen LogP contribution in [0.4, 0.5) is 0 Å². The summed E-state index contributed by atoms with van der Waals surface area (Å²) >= 11 is 0. The Hall–Kier alpha value is -1.64. The largest absolute Gasteiger partial charge is 0.409 e. The van der Waals surface area contributed by atoms with Crippen LogP contribution in [0, 0.1) is 0 Å². The van der Waals surface area contributed by atoms with Crippen molar-refractivity contribution < 1.29 is 18.7 Å². The van der Waals surface area contributed by atoms with E-state index >= 15 is 0 Å². The molecule has 0 amide bonds. The van der Waals surface area contributed by atoms with Crippen molar-refractivity contribution in [3.63, 3.8) is 0 Å². The quantitative estimate of drug-likeness (QED) is 0.279. The molecule has 0 bridgehead atoms. The van der Waals surface area contributed by atoms with Crippen LogP contribution < -0.4 is 5.73 Å². The fourth-order valence-electron chi connectivity index (χ4n) is 1.84. The van der Waals surface area contributed by atoms with Crippen LogP contribution in [0.15, 0.2) is 34.3 Å². The first-order valence-corrected chi connectivity index (χ1v) is 8.09. The van der Waals surface area contributed by atoms with Crippen molar-refractivity contribution in [1.29, 1.82) is 0 Å². The van der Waals surface area contributed by atoms with Gasteiger partial charge in [-0.15, -0.1) is 0 Å². The molecule has 0 aromatic heterocycles. The first-order valence-electron chi connectivity index (χ1n) is 6.43. The Labute approximate surface area is 124 Å². The zero-order valence-corrected chi connectivity index (χ0v) is 12.9. The molecule has 0 saturated heterocycles. The summed E-state index contributed by atoms with van der Waals surface area (Å²) in [5.41, 5.74) is 5.80. The summed E-state index contributed by atoms with van der Waals surface area (Å²) in [6, 6.07) is 5.95. The molecule has 0 radical (unpaired) electrons. The van der Waals surface area contributed by atoms with E-state index in [1.54, 1.807) is 31.0 Å². The summed E-state index contributed by atoms with van der Waals surface area (Å²) in [6.07, 6.45) is -0.512. The van der Waals surface area contributed by atoms with E-state index in [1.165, 1.54) is 12.1 Å². The Morgan fingerprint density at radius 1 is 1.48 bits per heavy atom. The highest BCUT2D eigenvalue weighted by Gasteiger charge is 2.17. The molecule has 8 heteroatoms. The zero-order chi connectivity index (χ0) is 16.0. The molecule has 1 atom stereocenters. The van der Waals surface area contributed by atoms with Crippen molar-refractivity contribution in [2.45, 2.75) is 17.9 Å². The molecule has 1 aromatic rings. The highest BCUT2D eigenvalue weighted by Crippen LogP contribution is 2.13. The Bertz CT molecular complexity index is 599. The second-order valence-electron chi connectivity index (χ2n) is 4.94. The number of benzene rings is 1. The molecule has 0 aliphatic carbocycles. The number of nitrogens with zero attached hydrogens (tertiary/aromatic N) is 2. The van der Waals surface area contributed by atoms with Crippen molar-refractivity contribution >= 4 is 15.7 Å². The molecule has 0 spiro atoms. The number of aliphatic hydroxyl groups excluding tert-OH is 1. The molecule has 0 aliphatic rings. The van der Waals surface area contributed by atoms with E-state index in [-0.39, 0.29) is 16.5 Å². The number of hydrogen-bond donors (Lipinski definition) is 3. The van der Waals surface area contributed by atoms with Crippen LogP contribution in [0.25, 0.3) is 0 Å². The van der Waals surface area contributed by atoms with Gasteiger partial charge in [-0.25, -0.2) is 8.42 Å². The van der Waals surface area contributed by atoms with Gasteiger partial charge in [-0.1, -0.05) is 17.3 Å². The maximum Gasteiger partial charge on any atom is 0.179 e. The van der Waals surface area contributed by atoms with E-state index in [0.29, 0.717) is 18.7 Å². The fraction of sp³-hybridized carbons (Fsp3) is 0.462. The SMILES string of the molecule is CC(O)CN(C)CCS(=O)(=O)c1cccc(/C(N)=N/O)c1. The van der Waals surface area contributed by atoms with Gasteiger partial charge in [0, 0.05) is 18.7 Å². The zero-order valence-electron chi connectivity index (χ0n) is 12.1. The van der Waals surface area contributed by atoms with Crippen molar-refractivity contribution in [3.05, 3.63) is 29.8 Å². The molecule has 0 heterocycles. The lowest BCUT2D eigenvalue weighted by Crippen LogP contribution is -2.31. The smallest absolute Gasteiger partial charge is 0.179 e. The number of likely N-dealkylation sites (N-methyl/N-ethyl adjacent to an activating group) is 1. The fourth-order valence-corrected chi connectivity index (χ4v) is 3.22. The molecular weight excluding hydrogens is 294 g/mol. The molecule has 0 aliphatic heterocycles. The first-order chi connectivity index (χ1) is 9.76.